The van der Waals surface area contributed by atoms with E-state index in [1.165, 1.54) is 6.08 Å². The zero-order chi connectivity index (χ0) is 22.1. The molecule has 3 aromatic rings. The Morgan fingerprint density at radius 2 is 1.97 bits per heavy atom. The number of amides is 1. The van der Waals surface area contributed by atoms with Gasteiger partial charge in [0.05, 0.1) is 17.8 Å². The summed E-state index contributed by atoms with van der Waals surface area (Å²) in [6.45, 7) is 4.04. The molecule has 0 spiro atoms. The standard InChI is InChI=1S/C24H24BrN3O3/c1-4-31-22(29)11-14(2)18-13-21-20(12-19(18)15-5-6-15)23(24(30)26-3)28(27-21)17-9-7-16(25)8-10-17/h7-13,15H,4-6H2,1-3H3,(H,26,30)/b14-11+. The number of nitrogens with one attached hydrogen (secondary N) is 1. The highest BCUT2D eigenvalue weighted by atomic mass is 79.9. The van der Waals surface area contributed by atoms with Crippen LogP contribution in [0.5, 0.6) is 0 Å². The number of hydrogen-bond donors (Lipinski definition) is 1. The summed E-state index contributed by atoms with van der Waals surface area (Å²) in [7, 11) is 1.62. The van der Waals surface area contributed by atoms with Crippen LogP contribution in [0.1, 0.15) is 54.2 Å². The third-order valence-corrected chi connectivity index (χ3v) is 5.95. The van der Waals surface area contributed by atoms with Crippen LogP contribution in [-0.2, 0) is 9.53 Å². The van der Waals surface area contributed by atoms with Gasteiger partial charge in [-0.2, -0.15) is 5.10 Å². The second kappa shape index (κ2) is 8.67. The van der Waals surface area contributed by atoms with Gasteiger partial charge in [-0.15, -0.1) is 0 Å². The Morgan fingerprint density at radius 3 is 2.58 bits per heavy atom. The molecule has 0 radical (unpaired) electrons. The Morgan fingerprint density at radius 1 is 1.26 bits per heavy atom. The van der Waals surface area contributed by atoms with E-state index < -0.39 is 0 Å². The summed E-state index contributed by atoms with van der Waals surface area (Å²) in [6, 6.07) is 11.7. The van der Waals surface area contributed by atoms with Crippen molar-refractivity contribution < 1.29 is 14.3 Å². The van der Waals surface area contributed by atoms with Gasteiger partial charge in [0.25, 0.3) is 5.91 Å². The predicted molar refractivity (Wildman–Crippen MR) is 124 cm³/mol. The molecule has 6 nitrogen and oxygen atoms in total. The molecular formula is C24H24BrN3O3. The molecule has 31 heavy (non-hydrogen) atoms. The van der Waals surface area contributed by atoms with Gasteiger partial charge in [-0.3, -0.25) is 4.79 Å². The van der Waals surface area contributed by atoms with E-state index in [2.05, 4.69) is 27.3 Å². The van der Waals surface area contributed by atoms with E-state index in [1.54, 1.807) is 18.7 Å². The average molecular weight is 482 g/mol. The summed E-state index contributed by atoms with van der Waals surface area (Å²) in [5.41, 5.74) is 4.96. The molecule has 1 heterocycles. The number of allylic oxidation sites excluding steroid dienone is 1. The van der Waals surface area contributed by atoms with E-state index in [1.807, 2.05) is 37.3 Å². The van der Waals surface area contributed by atoms with E-state index in [9.17, 15) is 9.59 Å². The van der Waals surface area contributed by atoms with Crippen LogP contribution in [0.25, 0.3) is 22.2 Å². The molecule has 0 saturated heterocycles. The van der Waals surface area contributed by atoms with Crippen LogP contribution in [0.4, 0.5) is 0 Å². The third-order valence-electron chi connectivity index (χ3n) is 5.42. The first-order chi connectivity index (χ1) is 14.9. The molecule has 1 saturated carbocycles. The first kappa shape index (κ1) is 21.3. The van der Waals surface area contributed by atoms with Crippen molar-refractivity contribution in [2.45, 2.75) is 32.6 Å². The van der Waals surface area contributed by atoms with Crippen molar-refractivity contribution in [2.75, 3.05) is 13.7 Å². The maximum Gasteiger partial charge on any atom is 0.331 e. The topological polar surface area (TPSA) is 73.2 Å². The number of rotatable bonds is 6. The van der Waals surface area contributed by atoms with Crippen LogP contribution in [0, 0.1) is 0 Å². The van der Waals surface area contributed by atoms with E-state index >= 15 is 0 Å². The Labute approximate surface area is 189 Å². The Kier molecular flexibility index (Phi) is 5.96. The van der Waals surface area contributed by atoms with E-state index in [-0.39, 0.29) is 11.9 Å². The van der Waals surface area contributed by atoms with Gasteiger partial charge in [0, 0.05) is 23.0 Å². The fraction of sp³-hybridized carbons (Fsp3) is 0.292. The Balaban J connectivity index is 1.93. The van der Waals surface area contributed by atoms with Crippen molar-refractivity contribution in [3.8, 4) is 5.69 Å². The molecule has 1 aliphatic carbocycles. The lowest BCUT2D eigenvalue weighted by Gasteiger charge is -2.10. The molecule has 0 atom stereocenters. The van der Waals surface area contributed by atoms with Gasteiger partial charge in [-0.05, 0) is 85.7 Å². The number of carbonyl (C=O) groups is 2. The van der Waals surface area contributed by atoms with Crippen molar-refractivity contribution in [1.29, 1.82) is 0 Å². The van der Waals surface area contributed by atoms with Crippen LogP contribution in [0.2, 0.25) is 0 Å². The zero-order valence-corrected chi connectivity index (χ0v) is 19.3. The summed E-state index contributed by atoms with van der Waals surface area (Å²) < 4.78 is 7.72. The smallest absolute Gasteiger partial charge is 0.331 e. The number of carbonyl (C=O) groups excluding carboxylic acids is 2. The fourth-order valence-corrected chi connectivity index (χ4v) is 4.03. The SMILES string of the molecule is CCOC(=O)/C=C(\C)c1cc2nn(-c3ccc(Br)cc3)c(C(=O)NC)c2cc1C1CC1. The van der Waals surface area contributed by atoms with Crippen LogP contribution >= 0.6 is 15.9 Å². The van der Waals surface area contributed by atoms with Crippen LogP contribution in [-0.4, -0.2) is 35.3 Å². The molecule has 2 aromatic carbocycles. The molecule has 1 fully saturated rings. The number of hydrogen-bond acceptors (Lipinski definition) is 4. The molecule has 160 valence electrons. The summed E-state index contributed by atoms with van der Waals surface area (Å²) >= 11 is 3.45. The summed E-state index contributed by atoms with van der Waals surface area (Å²) in [6.07, 6.45) is 3.73. The summed E-state index contributed by atoms with van der Waals surface area (Å²) in [5.74, 6) is -0.120. The largest absolute Gasteiger partial charge is 0.463 e. The van der Waals surface area contributed by atoms with Crippen molar-refractivity contribution >= 4 is 44.3 Å². The van der Waals surface area contributed by atoms with Gasteiger partial charge >= 0.3 is 5.97 Å². The van der Waals surface area contributed by atoms with Gasteiger partial charge in [0.15, 0.2) is 0 Å². The van der Waals surface area contributed by atoms with Crippen molar-refractivity contribution in [3.05, 3.63) is 63.8 Å². The normalized spacial score (nSPS) is 14.0. The number of fused-ring (bicyclic) bond motifs is 1. The molecule has 4 rings (SSSR count). The highest BCUT2D eigenvalue weighted by Crippen LogP contribution is 2.45. The summed E-state index contributed by atoms with van der Waals surface area (Å²) in [4.78, 5) is 24.8. The maximum absolute atomic E-state index is 12.8. The molecule has 1 aromatic heterocycles. The zero-order valence-electron chi connectivity index (χ0n) is 17.7. The minimum absolute atomic E-state index is 0.196. The molecule has 1 aliphatic rings. The average Bonchev–Trinajstić information content (AvgIpc) is 3.53. The number of halogens is 1. The lowest BCUT2D eigenvalue weighted by Crippen LogP contribution is -2.21. The first-order valence-corrected chi connectivity index (χ1v) is 11.1. The second-order valence-corrected chi connectivity index (χ2v) is 8.54. The Hall–Kier alpha value is -2.93. The minimum atomic E-state index is -0.353. The summed E-state index contributed by atoms with van der Waals surface area (Å²) in [5, 5.41) is 8.30. The van der Waals surface area contributed by atoms with Gasteiger partial charge in [0.2, 0.25) is 0 Å². The molecule has 0 aliphatic heterocycles. The molecule has 0 unspecified atom stereocenters. The maximum atomic E-state index is 12.8. The molecule has 7 heteroatoms. The molecular weight excluding hydrogens is 458 g/mol. The van der Waals surface area contributed by atoms with Crippen LogP contribution < -0.4 is 5.32 Å². The monoisotopic (exact) mass is 481 g/mol. The van der Waals surface area contributed by atoms with E-state index in [4.69, 9.17) is 9.84 Å². The van der Waals surface area contributed by atoms with Crippen molar-refractivity contribution in [2.24, 2.45) is 0 Å². The van der Waals surface area contributed by atoms with E-state index in [0.717, 1.165) is 45.1 Å². The lowest BCUT2D eigenvalue weighted by atomic mass is 9.94. The predicted octanol–water partition coefficient (Wildman–Crippen LogP) is 4.99. The number of benzene rings is 2. The van der Waals surface area contributed by atoms with Gasteiger partial charge in [-0.25, -0.2) is 9.48 Å². The van der Waals surface area contributed by atoms with Crippen molar-refractivity contribution in [1.82, 2.24) is 15.1 Å². The highest BCUT2D eigenvalue weighted by molar-refractivity contribution is 9.10. The molecule has 1 N–H and O–H groups in total. The van der Waals surface area contributed by atoms with Crippen molar-refractivity contribution in [3.63, 3.8) is 0 Å². The highest BCUT2D eigenvalue weighted by Gasteiger charge is 2.29. The molecule has 1 amide bonds. The molecule has 0 bridgehead atoms. The van der Waals surface area contributed by atoms with Gasteiger partial charge < -0.3 is 10.1 Å². The van der Waals surface area contributed by atoms with Gasteiger partial charge in [0.1, 0.15) is 5.69 Å². The van der Waals surface area contributed by atoms with Gasteiger partial charge in [-0.1, -0.05) is 15.9 Å². The van der Waals surface area contributed by atoms with Crippen LogP contribution in [0.3, 0.4) is 0 Å². The number of ether oxygens (including phenoxy) is 1. The van der Waals surface area contributed by atoms with E-state index in [0.29, 0.717) is 23.7 Å². The number of esters is 1. The first-order valence-electron chi connectivity index (χ1n) is 10.3. The van der Waals surface area contributed by atoms with Crippen LogP contribution in [0.15, 0.2) is 46.9 Å². The quantitative estimate of drug-likeness (QED) is 0.397. The fourth-order valence-electron chi connectivity index (χ4n) is 3.77. The lowest BCUT2D eigenvalue weighted by molar-refractivity contribution is -0.137. The number of aromatic nitrogens is 2. The number of nitrogens with zero attached hydrogens (tertiary/aromatic N) is 2. The third kappa shape index (κ3) is 4.28. The Bertz CT molecular complexity index is 1190. The second-order valence-electron chi connectivity index (χ2n) is 7.63. The minimum Gasteiger partial charge on any atom is -0.463 e.